The van der Waals surface area contributed by atoms with Gasteiger partial charge >= 0.3 is 5.97 Å². The van der Waals surface area contributed by atoms with Crippen LogP contribution >= 0.6 is 0 Å². The molecule has 1 amide bonds. The lowest BCUT2D eigenvalue weighted by atomic mass is 9.80. The van der Waals surface area contributed by atoms with E-state index in [4.69, 9.17) is 4.74 Å². The van der Waals surface area contributed by atoms with E-state index in [1.807, 2.05) is 0 Å². The Labute approximate surface area is 149 Å². The number of ether oxygens (including phenoxy) is 1. The molecule has 0 radical (unpaired) electrons. The van der Waals surface area contributed by atoms with E-state index in [1.165, 1.54) is 24.1 Å². The summed E-state index contributed by atoms with van der Waals surface area (Å²) in [6, 6.07) is 7.39. The first-order chi connectivity index (χ1) is 12.4. The van der Waals surface area contributed by atoms with Crippen molar-refractivity contribution in [2.75, 3.05) is 26.8 Å². The maximum atomic E-state index is 13.0. The van der Waals surface area contributed by atoms with Gasteiger partial charge in [-0.25, -0.2) is 4.39 Å². The van der Waals surface area contributed by atoms with Gasteiger partial charge in [0.1, 0.15) is 16.9 Å². The molecule has 1 aromatic carbocycles. The normalized spacial score (nSPS) is 20.2. The molecule has 1 unspecified atom stereocenters. The number of piperidine rings is 1. The van der Waals surface area contributed by atoms with E-state index in [0.717, 1.165) is 0 Å². The second-order valence-electron chi connectivity index (χ2n) is 6.52. The van der Waals surface area contributed by atoms with Gasteiger partial charge in [0.25, 0.3) is 5.91 Å². The van der Waals surface area contributed by atoms with Crippen LogP contribution in [0.4, 0.5) is 4.39 Å². The van der Waals surface area contributed by atoms with Gasteiger partial charge in [0.15, 0.2) is 0 Å². The molecule has 1 atom stereocenters. The number of carbonyl (C=O) groups is 2. The number of halogens is 1. The molecule has 2 heterocycles. The molecule has 1 saturated heterocycles. The van der Waals surface area contributed by atoms with Gasteiger partial charge in [-0.1, -0.05) is 0 Å². The van der Waals surface area contributed by atoms with E-state index in [2.05, 4.69) is 10.2 Å². The van der Waals surface area contributed by atoms with Crippen LogP contribution in [0.3, 0.4) is 0 Å². The third-order valence-corrected chi connectivity index (χ3v) is 4.69. The number of rotatable bonds is 5. The predicted octanol–water partition coefficient (Wildman–Crippen LogP) is 2.17. The summed E-state index contributed by atoms with van der Waals surface area (Å²) in [4.78, 5) is 26.0. The number of hydrogen-bond donors (Lipinski definition) is 2. The Morgan fingerprint density at radius 3 is 2.77 bits per heavy atom. The first-order valence-corrected chi connectivity index (χ1v) is 8.28. The lowest BCUT2D eigenvalue weighted by molar-refractivity contribution is -0.155. The smallest absolute Gasteiger partial charge is 0.313 e. The van der Waals surface area contributed by atoms with Crippen molar-refractivity contribution in [1.82, 2.24) is 15.1 Å². The molecule has 3 rings (SSSR count). The summed E-state index contributed by atoms with van der Waals surface area (Å²) >= 11 is 0. The van der Waals surface area contributed by atoms with E-state index in [0.29, 0.717) is 30.6 Å². The minimum Gasteiger partial charge on any atom is -0.481 e. The van der Waals surface area contributed by atoms with Crippen LogP contribution in [0.5, 0.6) is 0 Å². The van der Waals surface area contributed by atoms with Crippen molar-refractivity contribution in [1.29, 1.82) is 0 Å². The Morgan fingerprint density at radius 1 is 1.38 bits per heavy atom. The molecule has 0 saturated carbocycles. The van der Waals surface area contributed by atoms with E-state index >= 15 is 0 Å². The van der Waals surface area contributed by atoms with Crippen molar-refractivity contribution in [3.63, 3.8) is 0 Å². The van der Waals surface area contributed by atoms with E-state index in [-0.39, 0.29) is 30.6 Å². The largest absolute Gasteiger partial charge is 0.481 e. The zero-order chi connectivity index (χ0) is 18.7. The van der Waals surface area contributed by atoms with Gasteiger partial charge in [0, 0.05) is 25.8 Å². The number of likely N-dealkylation sites (tertiary alicyclic amines) is 1. The van der Waals surface area contributed by atoms with Gasteiger partial charge in [-0.15, -0.1) is 0 Å². The van der Waals surface area contributed by atoms with Gasteiger partial charge in [-0.3, -0.25) is 14.7 Å². The monoisotopic (exact) mass is 361 g/mol. The maximum absolute atomic E-state index is 13.0. The van der Waals surface area contributed by atoms with Gasteiger partial charge in [-0.05, 0) is 43.2 Å². The number of methoxy groups -OCH3 is 1. The number of carboxylic acids is 1. The molecule has 0 spiro atoms. The summed E-state index contributed by atoms with van der Waals surface area (Å²) in [5.74, 6) is -1.63. The number of hydrogen-bond acceptors (Lipinski definition) is 4. The highest BCUT2D eigenvalue weighted by atomic mass is 19.1. The van der Waals surface area contributed by atoms with Crippen LogP contribution in [-0.4, -0.2) is 58.9 Å². The Bertz CT molecular complexity index is 801. The molecule has 0 bridgehead atoms. The van der Waals surface area contributed by atoms with Gasteiger partial charge in [0.2, 0.25) is 0 Å². The maximum Gasteiger partial charge on any atom is 0.313 e. The van der Waals surface area contributed by atoms with Crippen molar-refractivity contribution < 1.29 is 23.8 Å². The molecule has 8 heteroatoms. The van der Waals surface area contributed by atoms with Crippen LogP contribution in [-0.2, 0) is 9.53 Å². The summed E-state index contributed by atoms with van der Waals surface area (Å²) in [5, 5.41) is 16.4. The van der Waals surface area contributed by atoms with Crippen molar-refractivity contribution in [2.24, 2.45) is 5.41 Å². The van der Waals surface area contributed by atoms with Crippen LogP contribution in [0.1, 0.15) is 23.3 Å². The lowest BCUT2D eigenvalue weighted by Gasteiger charge is -2.39. The molecule has 1 aromatic heterocycles. The number of benzene rings is 1. The number of H-pyrrole nitrogens is 1. The average Bonchev–Trinajstić information content (AvgIpc) is 3.12. The Kier molecular flexibility index (Phi) is 5.03. The number of aromatic amines is 1. The van der Waals surface area contributed by atoms with Crippen LogP contribution in [0.15, 0.2) is 30.3 Å². The third-order valence-electron chi connectivity index (χ3n) is 4.69. The molecule has 1 aliphatic heterocycles. The Morgan fingerprint density at radius 2 is 2.12 bits per heavy atom. The highest BCUT2D eigenvalue weighted by Gasteiger charge is 2.44. The molecular formula is C18H20FN3O4. The van der Waals surface area contributed by atoms with Crippen molar-refractivity contribution >= 4 is 11.9 Å². The summed E-state index contributed by atoms with van der Waals surface area (Å²) in [6.45, 7) is 0.609. The summed E-state index contributed by atoms with van der Waals surface area (Å²) < 4.78 is 18.1. The fourth-order valence-electron chi connectivity index (χ4n) is 3.31. The van der Waals surface area contributed by atoms with Crippen molar-refractivity contribution in [2.45, 2.75) is 12.8 Å². The minimum atomic E-state index is -1.09. The lowest BCUT2D eigenvalue weighted by Crippen LogP contribution is -2.52. The average molecular weight is 361 g/mol. The SMILES string of the molecule is COCC1(C(=O)O)CCCN(C(=O)c2cc(-c3ccc(F)cc3)n[nH]2)C1. The third kappa shape index (κ3) is 3.45. The minimum absolute atomic E-state index is 0.0515. The number of carboxylic acid groups (broad SMARTS) is 1. The van der Waals surface area contributed by atoms with E-state index in [1.54, 1.807) is 18.2 Å². The number of nitrogens with zero attached hydrogens (tertiary/aromatic N) is 2. The number of aliphatic carboxylic acids is 1. The zero-order valence-corrected chi connectivity index (χ0v) is 14.4. The number of carbonyl (C=O) groups excluding carboxylic acids is 1. The second kappa shape index (κ2) is 7.25. The van der Waals surface area contributed by atoms with Crippen LogP contribution < -0.4 is 0 Å². The molecule has 138 valence electrons. The summed E-state index contributed by atoms with van der Waals surface area (Å²) in [5.41, 5.74) is 0.372. The molecule has 7 nitrogen and oxygen atoms in total. The highest BCUT2D eigenvalue weighted by molar-refractivity contribution is 5.94. The van der Waals surface area contributed by atoms with Crippen LogP contribution in [0.25, 0.3) is 11.3 Å². The van der Waals surface area contributed by atoms with Crippen molar-refractivity contribution in [3.05, 3.63) is 41.8 Å². The number of amides is 1. The van der Waals surface area contributed by atoms with Gasteiger partial charge in [-0.2, -0.15) is 5.10 Å². The second-order valence-corrected chi connectivity index (χ2v) is 6.52. The van der Waals surface area contributed by atoms with E-state index in [9.17, 15) is 19.1 Å². The van der Waals surface area contributed by atoms with Crippen molar-refractivity contribution in [3.8, 4) is 11.3 Å². The molecular weight excluding hydrogens is 341 g/mol. The van der Waals surface area contributed by atoms with Gasteiger partial charge in [0.05, 0.1) is 12.3 Å². The van der Waals surface area contributed by atoms with E-state index < -0.39 is 11.4 Å². The quantitative estimate of drug-likeness (QED) is 0.851. The van der Waals surface area contributed by atoms with Crippen LogP contribution in [0, 0.1) is 11.2 Å². The Hall–Kier alpha value is -2.74. The fraction of sp³-hybridized carbons (Fsp3) is 0.389. The summed E-state index contributed by atoms with van der Waals surface area (Å²) in [6.07, 6.45) is 1.05. The molecule has 1 fully saturated rings. The molecule has 26 heavy (non-hydrogen) atoms. The van der Waals surface area contributed by atoms with Crippen LogP contribution in [0.2, 0.25) is 0 Å². The highest BCUT2D eigenvalue weighted by Crippen LogP contribution is 2.31. The molecule has 2 N–H and O–H groups in total. The zero-order valence-electron chi connectivity index (χ0n) is 14.4. The number of aromatic nitrogens is 2. The first-order valence-electron chi connectivity index (χ1n) is 8.28. The van der Waals surface area contributed by atoms with Gasteiger partial charge < -0.3 is 14.7 Å². The predicted molar refractivity (Wildman–Crippen MR) is 91.1 cm³/mol. The topological polar surface area (TPSA) is 95.5 Å². The first kappa shape index (κ1) is 18.1. The molecule has 1 aliphatic rings. The fourth-order valence-corrected chi connectivity index (χ4v) is 3.31. The molecule has 2 aromatic rings. The standard InChI is InChI=1S/C18H20FN3O4/c1-26-11-18(17(24)25)7-2-8-22(10-18)16(23)15-9-14(20-21-15)12-3-5-13(19)6-4-12/h3-6,9H,2,7-8,10-11H2,1H3,(H,20,21)(H,24,25). The molecule has 0 aliphatic carbocycles. The Balaban J connectivity index is 1.79. The number of nitrogens with one attached hydrogen (secondary N) is 1. The summed E-state index contributed by atoms with van der Waals surface area (Å²) in [7, 11) is 1.45.